The highest BCUT2D eigenvalue weighted by Gasteiger charge is 2.53. The molecular formula is C45H83NO18. The summed E-state index contributed by atoms with van der Waals surface area (Å²) in [6, 6.07) is -0.962. The average molecular weight is 926 g/mol. The lowest BCUT2D eigenvalue weighted by atomic mass is 9.96. The Morgan fingerprint density at radius 3 is 1.47 bits per heavy atom. The van der Waals surface area contributed by atoms with Crippen LogP contribution in [-0.4, -0.2) is 193 Å². The van der Waals surface area contributed by atoms with E-state index in [1.807, 2.05) is 6.08 Å². The third kappa shape index (κ3) is 18.2. The van der Waals surface area contributed by atoms with Crippen molar-refractivity contribution >= 4 is 5.91 Å². The van der Waals surface area contributed by atoms with E-state index in [1.165, 1.54) is 64.2 Å². The number of carbonyl (C=O) groups excluding carboxylic acids is 1. The van der Waals surface area contributed by atoms with Crippen molar-refractivity contribution in [3.8, 4) is 0 Å². The van der Waals surface area contributed by atoms with Crippen LogP contribution in [0.1, 0.15) is 136 Å². The zero-order valence-electron chi connectivity index (χ0n) is 38.0. The van der Waals surface area contributed by atoms with E-state index < -0.39 is 124 Å². The lowest BCUT2D eigenvalue weighted by Crippen LogP contribution is -2.66. The van der Waals surface area contributed by atoms with Crippen molar-refractivity contribution in [2.75, 3.05) is 26.4 Å². The number of ether oxygens (including phenoxy) is 6. The fourth-order valence-electron chi connectivity index (χ4n) is 8.25. The van der Waals surface area contributed by atoms with Gasteiger partial charge in [0, 0.05) is 6.42 Å². The number of unbranched alkanes of at least 4 members (excludes halogenated alkanes) is 16. The molecule has 0 aliphatic carbocycles. The third-order valence-corrected chi connectivity index (χ3v) is 12.3. The Balaban J connectivity index is 1.60. The fraction of sp³-hybridized carbons (Fsp3) is 0.933. The van der Waals surface area contributed by atoms with Crippen LogP contribution in [0.5, 0.6) is 0 Å². The van der Waals surface area contributed by atoms with E-state index in [1.54, 1.807) is 6.08 Å². The van der Waals surface area contributed by atoms with Crippen molar-refractivity contribution in [1.29, 1.82) is 0 Å². The van der Waals surface area contributed by atoms with Gasteiger partial charge >= 0.3 is 0 Å². The Bertz CT molecular complexity index is 1250. The SMILES string of the molecule is CCCCCCCCC/C=C/C(O)C(COC1OC(CO)C(OC2OC(CO)C(OC3OC(CO)C(O)C(O)C3O)C(O)C2O)C(O)C1O)NC(=O)CCCCCCCCCCCC. The summed E-state index contributed by atoms with van der Waals surface area (Å²) in [5.74, 6) is -0.283. The maximum atomic E-state index is 13.1. The molecule has 19 nitrogen and oxygen atoms in total. The first-order chi connectivity index (χ1) is 30.8. The normalized spacial score (nSPS) is 34.5. The highest BCUT2D eigenvalue weighted by molar-refractivity contribution is 5.76. The zero-order chi connectivity index (χ0) is 47.0. The van der Waals surface area contributed by atoms with Crippen LogP contribution in [0.2, 0.25) is 0 Å². The first kappa shape index (κ1) is 56.9. The molecule has 0 spiro atoms. The van der Waals surface area contributed by atoms with Gasteiger partial charge in [0.1, 0.15) is 73.2 Å². The molecule has 17 unspecified atom stereocenters. The molecule has 0 saturated carbocycles. The number of hydrogen-bond acceptors (Lipinski definition) is 18. The minimum absolute atomic E-state index is 0.246. The van der Waals surface area contributed by atoms with Gasteiger partial charge in [0.2, 0.25) is 5.91 Å². The van der Waals surface area contributed by atoms with Gasteiger partial charge in [0.15, 0.2) is 18.9 Å². The van der Waals surface area contributed by atoms with Gasteiger partial charge < -0.3 is 89.9 Å². The molecule has 0 aromatic rings. The Morgan fingerprint density at radius 1 is 0.547 bits per heavy atom. The lowest BCUT2D eigenvalue weighted by Gasteiger charge is -2.48. The minimum Gasteiger partial charge on any atom is -0.394 e. The van der Waals surface area contributed by atoms with Crippen LogP contribution in [0, 0.1) is 0 Å². The number of rotatable bonds is 32. The molecule has 376 valence electrons. The highest BCUT2D eigenvalue weighted by atomic mass is 16.8. The summed E-state index contributed by atoms with van der Waals surface area (Å²) >= 11 is 0. The number of amides is 1. The van der Waals surface area contributed by atoms with Crippen LogP contribution in [0.15, 0.2) is 12.2 Å². The Kier molecular flexibility index (Phi) is 28.0. The average Bonchev–Trinajstić information content (AvgIpc) is 3.29. The summed E-state index contributed by atoms with van der Waals surface area (Å²) in [7, 11) is 0. The lowest BCUT2D eigenvalue weighted by molar-refractivity contribution is -0.379. The molecule has 3 aliphatic rings. The van der Waals surface area contributed by atoms with Crippen molar-refractivity contribution in [1.82, 2.24) is 5.32 Å². The molecule has 0 radical (unpaired) electrons. The Morgan fingerprint density at radius 2 is 0.969 bits per heavy atom. The van der Waals surface area contributed by atoms with Crippen LogP contribution in [0.4, 0.5) is 0 Å². The first-order valence-electron chi connectivity index (χ1n) is 23.9. The molecule has 3 heterocycles. The van der Waals surface area contributed by atoms with E-state index in [0.717, 1.165) is 44.9 Å². The summed E-state index contributed by atoms with van der Waals surface area (Å²) in [5, 5.41) is 119. The van der Waals surface area contributed by atoms with E-state index in [-0.39, 0.29) is 18.9 Å². The second-order valence-corrected chi connectivity index (χ2v) is 17.6. The molecule has 64 heavy (non-hydrogen) atoms. The fourth-order valence-corrected chi connectivity index (χ4v) is 8.25. The molecule has 3 fully saturated rings. The van der Waals surface area contributed by atoms with Crippen LogP contribution in [0.25, 0.3) is 0 Å². The number of nitrogens with one attached hydrogen (secondary N) is 1. The molecule has 3 aliphatic heterocycles. The molecule has 1 amide bonds. The van der Waals surface area contributed by atoms with Gasteiger partial charge in [-0.2, -0.15) is 0 Å². The van der Waals surface area contributed by atoms with E-state index in [9.17, 15) is 61.0 Å². The summed E-state index contributed by atoms with van der Waals surface area (Å²) in [6.45, 7) is 1.61. The van der Waals surface area contributed by atoms with Crippen molar-refractivity contribution in [2.24, 2.45) is 0 Å². The van der Waals surface area contributed by atoms with Gasteiger partial charge in [-0.3, -0.25) is 4.79 Å². The molecular weight excluding hydrogens is 842 g/mol. The van der Waals surface area contributed by atoms with Crippen molar-refractivity contribution in [2.45, 2.75) is 240 Å². The van der Waals surface area contributed by atoms with Crippen LogP contribution >= 0.6 is 0 Å². The van der Waals surface area contributed by atoms with Crippen LogP contribution in [-0.2, 0) is 33.2 Å². The quantitative estimate of drug-likeness (QED) is 0.0319. The monoisotopic (exact) mass is 926 g/mol. The number of aliphatic hydroxyl groups excluding tert-OH is 11. The number of carbonyl (C=O) groups is 1. The third-order valence-electron chi connectivity index (χ3n) is 12.3. The molecule has 12 N–H and O–H groups in total. The van der Waals surface area contributed by atoms with E-state index in [2.05, 4.69) is 19.2 Å². The van der Waals surface area contributed by atoms with Crippen molar-refractivity contribution in [3.63, 3.8) is 0 Å². The Hall–Kier alpha value is -1.47. The summed E-state index contributed by atoms with van der Waals surface area (Å²) in [4.78, 5) is 13.1. The second-order valence-electron chi connectivity index (χ2n) is 17.6. The maximum Gasteiger partial charge on any atom is 0.220 e. The molecule has 0 bridgehead atoms. The van der Waals surface area contributed by atoms with Gasteiger partial charge in [-0.25, -0.2) is 0 Å². The molecule has 17 atom stereocenters. The predicted molar refractivity (Wildman–Crippen MR) is 231 cm³/mol. The largest absolute Gasteiger partial charge is 0.394 e. The van der Waals surface area contributed by atoms with Crippen LogP contribution in [0.3, 0.4) is 0 Å². The van der Waals surface area contributed by atoms with Crippen LogP contribution < -0.4 is 5.32 Å². The minimum atomic E-state index is -1.97. The van der Waals surface area contributed by atoms with Crippen molar-refractivity contribution in [3.05, 3.63) is 12.2 Å². The number of aliphatic hydroxyl groups is 11. The van der Waals surface area contributed by atoms with Gasteiger partial charge in [0.05, 0.1) is 38.6 Å². The molecule has 0 aromatic carbocycles. The highest BCUT2D eigenvalue weighted by Crippen LogP contribution is 2.33. The zero-order valence-corrected chi connectivity index (χ0v) is 38.0. The van der Waals surface area contributed by atoms with Gasteiger partial charge in [-0.05, 0) is 19.3 Å². The second kappa shape index (κ2) is 31.6. The topological polar surface area (TPSA) is 307 Å². The molecule has 3 saturated heterocycles. The standard InChI is InChI=1S/C45H83NO18/c1-3-5-7-9-11-13-15-17-19-21-23-33(51)46-28(29(50)22-20-18-16-14-12-10-8-6-4-2)27-59-43-39(57)36(54)41(31(25-48)61-43)64-45-40(58)37(55)42(32(26-49)62-45)63-44-38(56)35(53)34(52)30(24-47)60-44/h20,22,28-32,34-45,47-50,52-58H,3-19,21,23-27H2,1-2H3,(H,46,51)/b22-20+. The molecule has 19 heteroatoms. The molecule has 3 rings (SSSR count). The summed E-state index contributed by atoms with van der Waals surface area (Å²) in [5.41, 5.74) is 0. The predicted octanol–water partition coefficient (Wildman–Crippen LogP) is 0.305. The Labute approximate surface area is 378 Å². The van der Waals surface area contributed by atoms with E-state index in [4.69, 9.17) is 28.4 Å². The van der Waals surface area contributed by atoms with Gasteiger partial charge in [0.25, 0.3) is 0 Å². The summed E-state index contributed by atoms with van der Waals surface area (Å²) in [6.07, 6.45) is -3.20. The maximum absolute atomic E-state index is 13.1. The first-order valence-corrected chi connectivity index (χ1v) is 23.9. The van der Waals surface area contributed by atoms with Gasteiger partial charge in [-0.1, -0.05) is 122 Å². The summed E-state index contributed by atoms with van der Waals surface area (Å²) < 4.78 is 34.0. The van der Waals surface area contributed by atoms with E-state index >= 15 is 0 Å². The van der Waals surface area contributed by atoms with Gasteiger partial charge in [-0.15, -0.1) is 0 Å². The number of hydrogen-bond donors (Lipinski definition) is 12. The van der Waals surface area contributed by atoms with Crippen molar-refractivity contribution < 1.29 is 89.4 Å². The smallest absolute Gasteiger partial charge is 0.220 e. The van der Waals surface area contributed by atoms with E-state index in [0.29, 0.717) is 6.42 Å². The molecule has 0 aromatic heterocycles. The number of allylic oxidation sites excluding steroid dienone is 1.